The van der Waals surface area contributed by atoms with Crippen LogP contribution in [0, 0.1) is 17.9 Å². The van der Waals surface area contributed by atoms with Gasteiger partial charge < -0.3 is 15.5 Å². The van der Waals surface area contributed by atoms with E-state index >= 15 is 0 Å². The Kier molecular flexibility index (Phi) is 8.07. The lowest BCUT2D eigenvalue weighted by Crippen LogP contribution is -2.49. The molecule has 0 saturated carbocycles. The minimum absolute atomic E-state index is 0.0314. The summed E-state index contributed by atoms with van der Waals surface area (Å²) < 4.78 is 0. The number of amides is 2. The minimum atomic E-state index is -0.738. The van der Waals surface area contributed by atoms with Gasteiger partial charge in [-0.05, 0) is 29.7 Å². The lowest BCUT2D eigenvalue weighted by atomic mass is 10.1. The quantitative estimate of drug-likeness (QED) is 0.374. The highest BCUT2D eigenvalue weighted by atomic mass is 32.2. The Balaban J connectivity index is 1.67. The number of aromatic nitrogens is 1. The van der Waals surface area contributed by atoms with Crippen LogP contribution in [0.4, 0.5) is 11.5 Å². The highest BCUT2D eigenvalue weighted by molar-refractivity contribution is 8.00. The van der Waals surface area contributed by atoms with Crippen LogP contribution in [0.2, 0.25) is 0 Å². The van der Waals surface area contributed by atoms with Gasteiger partial charge >= 0.3 is 0 Å². The van der Waals surface area contributed by atoms with Gasteiger partial charge in [0.2, 0.25) is 11.6 Å². The van der Waals surface area contributed by atoms with Crippen LogP contribution in [0.15, 0.2) is 65.7 Å². The predicted molar refractivity (Wildman–Crippen MR) is 143 cm³/mol. The van der Waals surface area contributed by atoms with Gasteiger partial charge in [-0.3, -0.25) is 9.59 Å². The molecule has 1 atom stereocenters. The van der Waals surface area contributed by atoms with Crippen LogP contribution in [0.3, 0.4) is 0 Å². The van der Waals surface area contributed by atoms with Crippen molar-refractivity contribution in [3.63, 3.8) is 0 Å². The summed E-state index contributed by atoms with van der Waals surface area (Å²) in [4.78, 5) is 37.6. The molecule has 1 aliphatic heterocycles. The molecule has 1 fully saturated rings. The normalized spacial score (nSPS) is 13.9. The lowest BCUT2D eigenvalue weighted by Gasteiger charge is -2.36. The van der Waals surface area contributed by atoms with Crippen molar-refractivity contribution in [2.24, 2.45) is 5.73 Å². The third-order valence-electron chi connectivity index (χ3n) is 6.28. The molecule has 9 heteroatoms. The van der Waals surface area contributed by atoms with Crippen LogP contribution < -0.4 is 10.6 Å². The van der Waals surface area contributed by atoms with E-state index in [1.165, 1.54) is 0 Å². The van der Waals surface area contributed by atoms with Crippen LogP contribution in [-0.2, 0) is 11.2 Å². The number of benzene rings is 2. The molecule has 1 aromatic heterocycles. The van der Waals surface area contributed by atoms with E-state index in [1.807, 2.05) is 60.4 Å². The van der Waals surface area contributed by atoms with E-state index in [9.17, 15) is 14.9 Å². The van der Waals surface area contributed by atoms with E-state index in [-0.39, 0.29) is 5.91 Å². The average Bonchev–Trinajstić information content (AvgIpc) is 2.95. The number of pyridine rings is 1. The number of primary amides is 1. The number of hydrogen-bond acceptors (Lipinski definition) is 6. The van der Waals surface area contributed by atoms with Crippen molar-refractivity contribution in [2.45, 2.75) is 23.6 Å². The molecular weight excluding hydrogens is 484 g/mol. The lowest BCUT2D eigenvalue weighted by molar-refractivity contribution is -0.117. The molecule has 0 radical (unpaired) electrons. The molecule has 2 N–H and O–H groups in total. The SMILES string of the molecule is [C-]#[N+]c1c(N2CCN(C(=O)c3ccccc3)CC2)nc(SC(C(N)=O)c2ccccc2)c(C#N)c1CC. The summed E-state index contributed by atoms with van der Waals surface area (Å²) in [6.07, 6.45) is 0.461. The zero-order chi connectivity index (χ0) is 26.4. The zero-order valence-corrected chi connectivity index (χ0v) is 21.2. The highest BCUT2D eigenvalue weighted by Crippen LogP contribution is 2.42. The smallest absolute Gasteiger partial charge is 0.253 e. The fourth-order valence-electron chi connectivity index (χ4n) is 4.38. The number of rotatable bonds is 7. The average molecular weight is 511 g/mol. The van der Waals surface area contributed by atoms with Crippen molar-refractivity contribution in [3.8, 4) is 6.07 Å². The Morgan fingerprint density at radius 1 is 1.11 bits per heavy atom. The number of nitriles is 1. The van der Waals surface area contributed by atoms with Gasteiger partial charge in [-0.25, -0.2) is 9.83 Å². The molecule has 1 unspecified atom stereocenters. The van der Waals surface area contributed by atoms with Crippen molar-refractivity contribution in [1.82, 2.24) is 9.88 Å². The van der Waals surface area contributed by atoms with E-state index in [0.717, 1.165) is 11.8 Å². The summed E-state index contributed by atoms with van der Waals surface area (Å²) in [6, 6.07) is 20.5. The van der Waals surface area contributed by atoms with Gasteiger partial charge in [-0.2, -0.15) is 5.26 Å². The van der Waals surface area contributed by atoms with Crippen molar-refractivity contribution in [3.05, 3.63) is 94.3 Å². The fraction of sp³-hybridized carbons (Fsp3) is 0.250. The number of carbonyl (C=O) groups is 2. The summed E-state index contributed by atoms with van der Waals surface area (Å²) in [7, 11) is 0. The Bertz CT molecular complexity index is 1370. The molecule has 3 aromatic rings. The molecule has 2 aromatic carbocycles. The number of thioether (sulfide) groups is 1. The molecule has 186 valence electrons. The molecular formula is C28H26N6O2S. The molecule has 1 saturated heterocycles. The Hall–Kier alpha value is -4.34. The number of nitrogens with zero attached hydrogens (tertiary/aromatic N) is 5. The van der Waals surface area contributed by atoms with Crippen LogP contribution in [0.5, 0.6) is 0 Å². The number of hydrogen-bond donors (Lipinski definition) is 1. The number of carbonyl (C=O) groups excluding carboxylic acids is 2. The first-order valence-electron chi connectivity index (χ1n) is 11.9. The standard InChI is InChI=1S/C28H26N6O2S/c1-3-21-22(18-29)27(37-24(25(30)35)19-10-6-4-7-11-19)32-26(23(21)31-2)33-14-16-34(17-15-33)28(36)20-12-8-5-9-13-20/h4-13,24H,3,14-17H2,1H3,(H2,30,35). The maximum atomic E-state index is 12.9. The maximum absolute atomic E-state index is 12.9. The molecule has 0 bridgehead atoms. The van der Waals surface area contributed by atoms with Crippen molar-refractivity contribution < 1.29 is 9.59 Å². The molecule has 0 spiro atoms. The number of anilines is 1. The summed E-state index contributed by atoms with van der Waals surface area (Å²) in [5.41, 5.74) is 8.32. The van der Waals surface area contributed by atoms with Crippen LogP contribution in [0.1, 0.15) is 39.2 Å². The van der Waals surface area contributed by atoms with Gasteiger partial charge in [0.15, 0.2) is 0 Å². The number of nitrogens with two attached hydrogens (primary N) is 1. The van der Waals surface area contributed by atoms with Crippen molar-refractivity contribution in [2.75, 3.05) is 31.1 Å². The second-order valence-electron chi connectivity index (χ2n) is 8.48. The second-order valence-corrected chi connectivity index (χ2v) is 9.57. The Morgan fingerprint density at radius 3 is 2.27 bits per heavy atom. The topological polar surface area (TPSA) is 108 Å². The molecule has 8 nitrogen and oxygen atoms in total. The molecule has 2 heterocycles. The van der Waals surface area contributed by atoms with Crippen LogP contribution in [0.25, 0.3) is 4.85 Å². The van der Waals surface area contributed by atoms with Gasteiger partial charge in [-0.1, -0.05) is 67.2 Å². The van der Waals surface area contributed by atoms with E-state index in [1.54, 1.807) is 17.0 Å². The van der Waals surface area contributed by atoms with Crippen LogP contribution >= 0.6 is 11.8 Å². The highest BCUT2D eigenvalue weighted by Gasteiger charge is 2.29. The van der Waals surface area contributed by atoms with Gasteiger partial charge in [-0.15, -0.1) is 0 Å². The third-order valence-corrected chi connectivity index (χ3v) is 7.53. The molecule has 37 heavy (non-hydrogen) atoms. The first kappa shape index (κ1) is 25.7. The van der Waals surface area contributed by atoms with Crippen LogP contribution in [-0.4, -0.2) is 47.9 Å². The molecule has 0 aliphatic carbocycles. The Labute approximate surface area is 220 Å². The molecule has 1 aliphatic rings. The zero-order valence-electron chi connectivity index (χ0n) is 20.4. The monoisotopic (exact) mass is 510 g/mol. The third kappa shape index (κ3) is 5.42. The summed E-state index contributed by atoms with van der Waals surface area (Å²) >= 11 is 1.13. The maximum Gasteiger partial charge on any atom is 0.253 e. The molecule has 4 rings (SSSR count). The predicted octanol–water partition coefficient (Wildman–Crippen LogP) is 4.35. The fourth-order valence-corrected chi connectivity index (χ4v) is 5.44. The first-order chi connectivity index (χ1) is 18.0. The minimum Gasteiger partial charge on any atom is -0.368 e. The van der Waals surface area contributed by atoms with E-state index in [4.69, 9.17) is 17.3 Å². The summed E-state index contributed by atoms with van der Waals surface area (Å²) in [6.45, 7) is 11.7. The number of piperazine rings is 1. The van der Waals surface area contributed by atoms with Gasteiger partial charge in [0.05, 0.1) is 12.1 Å². The second kappa shape index (κ2) is 11.6. The summed E-state index contributed by atoms with van der Waals surface area (Å²) in [5, 5.41) is 9.63. The van der Waals surface area contributed by atoms with Crippen molar-refractivity contribution >= 4 is 35.1 Å². The van der Waals surface area contributed by atoms with Gasteiger partial charge in [0.1, 0.15) is 22.2 Å². The van der Waals surface area contributed by atoms with Crippen molar-refractivity contribution in [1.29, 1.82) is 5.26 Å². The van der Waals surface area contributed by atoms with Gasteiger partial charge in [0, 0.05) is 31.7 Å². The molecule has 2 amide bonds. The first-order valence-corrected chi connectivity index (χ1v) is 12.8. The van der Waals surface area contributed by atoms with Gasteiger partial charge in [0.25, 0.3) is 5.91 Å². The van der Waals surface area contributed by atoms with E-state index in [0.29, 0.717) is 71.4 Å². The summed E-state index contributed by atoms with van der Waals surface area (Å²) in [5.74, 6) is -0.101. The largest absolute Gasteiger partial charge is 0.368 e. The van der Waals surface area contributed by atoms with E-state index < -0.39 is 11.2 Å². The van der Waals surface area contributed by atoms with E-state index in [2.05, 4.69) is 10.9 Å². The Morgan fingerprint density at radius 2 is 1.73 bits per heavy atom.